The molecule has 27 heavy (non-hydrogen) atoms. The number of amides is 1. The second kappa shape index (κ2) is 7.08. The number of halogens is 1. The van der Waals surface area contributed by atoms with E-state index in [0.717, 1.165) is 23.4 Å². The highest BCUT2D eigenvalue weighted by molar-refractivity contribution is 6.32. The van der Waals surface area contributed by atoms with Crippen LogP contribution in [-0.4, -0.2) is 20.4 Å². The first-order valence-corrected chi connectivity index (χ1v) is 9.34. The summed E-state index contributed by atoms with van der Waals surface area (Å²) in [4.78, 5) is 21.2. The van der Waals surface area contributed by atoms with Gasteiger partial charge in [-0.3, -0.25) is 4.79 Å². The second-order valence-electron chi connectivity index (χ2n) is 6.91. The molecule has 1 aliphatic carbocycles. The number of rotatable bonds is 5. The van der Waals surface area contributed by atoms with Gasteiger partial charge in [-0.05, 0) is 37.0 Å². The third-order valence-corrected chi connectivity index (χ3v) is 5.36. The van der Waals surface area contributed by atoms with Gasteiger partial charge in [0.2, 0.25) is 0 Å². The van der Waals surface area contributed by atoms with Crippen molar-refractivity contribution in [1.82, 2.24) is 19.9 Å². The highest BCUT2D eigenvalue weighted by atomic mass is 35.5. The second-order valence-corrected chi connectivity index (χ2v) is 7.27. The zero-order chi connectivity index (χ0) is 19.0. The van der Waals surface area contributed by atoms with E-state index in [-0.39, 0.29) is 28.8 Å². The molecule has 2 aromatic heterocycles. The van der Waals surface area contributed by atoms with Gasteiger partial charge in [-0.25, -0.2) is 9.97 Å². The molecule has 4 rings (SSSR count). The molecule has 1 aliphatic rings. The number of hydrogen-bond acceptors (Lipinski definition) is 5. The number of carbonyl (C=O) groups is 1. The molecular formula is C19H21ClN6O. The Balaban J connectivity index is 1.57. The molecular weight excluding hydrogens is 364 g/mol. The first-order chi connectivity index (χ1) is 13.0. The fourth-order valence-electron chi connectivity index (χ4n) is 3.35. The smallest absolute Gasteiger partial charge is 0.272 e. The maximum absolute atomic E-state index is 12.5. The molecule has 1 saturated carbocycles. The molecule has 2 heterocycles. The average molecular weight is 385 g/mol. The Bertz CT molecular complexity index is 1010. The van der Waals surface area contributed by atoms with Crippen LogP contribution in [0.1, 0.15) is 35.6 Å². The van der Waals surface area contributed by atoms with Gasteiger partial charge in [-0.2, -0.15) is 0 Å². The lowest BCUT2D eigenvalue weighted by Crippen LogP contribution is -2.28. The van der Waals surface area contributed by atoms with Crippen LogP contribution in [0.4, 0.5) is 11.4 Å². The van der Waals surface area contributed by atoms with Crippen LogP contribution in [0.25, 0.3) is 11.0 Å². The van der Waals surface area contributed by atoms with Crippen LogP contribution < -0.4 is 16.8 Å². The van der Waals surface area contributed by atoms with Crippen molar-refractivity contribution in [3.8, 4) is 0 Å². The summed E-state index contributed by atoms with van der Waals surface area (Å²) in [5, 5.41) is 2.91. The first kappa shape index (κ1) is 17.6. The lowest BCUT2D eigenvalue weighted by atomic mass is 9.85. The van der Waals surface area contributed by atoms with Crippen molar-refractivity contribution in [2.45, 2.75) is 32.4 Å². The van der Waals surface area contributed by atoms with Gasteiger partial charge in [0.15, 0.2) is 10.8 Å². The molecule has 1 amide bonds. The molecule has 5 N–H and O–H groups in total. The van der Waals surface area contributed by atoms with Crippen LogP contribution in [0.3, 0.4) is 0 Å². The number of fused-ring (bicyclic) bond motifs is 1. The summed E-state index contributed by atoms with van der Waals surface area (Å²) in [6, 6.07) is 9.45. The quantitative estimate of drug-likeness (QED) is 0.585. The molecule has 0 atom stereocenters. The maximum Gasteiger partial charge on any atom is 0.272 e. The summed E-state index contributed by atoms with van der Waals surface area (Å²) in [5.41, 5.74) is 14.0. The standard InChI is InChI=1S/C19H21ClN6O/c20-18-13(22)8-12(21)17(25-18)19(27)23-9-16-24-14-6-1-2-7-15(14)26(16)10-11-4-3-5-11/h1-2,6-8,11H,3-5,9-10,21-22H2,(H,23,27). The fourth-order valence-corrected chi connectivity index (χ4v) is 3.48. The molecule has 0 radical (unpaired) electrons. The van der Waals surface area contributed by atoms with E-state index in [4.69, 9.17) is 28.1 Å². The number of nitrogen functional groups attached to an aromatic ring is 2. The van der Waals surface area contributed by atoms with E-state index >= 15 is 0 Å². The number of nitrogens with two attached hydrogens (primary N) is 2. The van der Waals surface area contributed by atoms with Crippen molar-refractivity contribution in [3.05, 3.63) is 47.0 Å². The van der Waals surface area contributed by atoms with E-state index in [1.807, 2.05) is 18.2 Å². The number of nitrogens with one attached hydrogen (secondary N) is 1. The monoisotopic (exact) mass is 384 g/mol. The summed E-state index contributed by atoms with van der Waals surface area (Å²) < 4.78 is 2.20. The van der Waals surface area contributed by atoms with E-state index < -0.39 is 5.91 Å². The van der Waals surface area contributed by atoms with Gasteiger partial charge < -0.3 is 21.4 Å². The number of hydrogen-bond donors (Lipinski definition) is 3. The van der Waals surface area contributed by atoms with Crippen molar-refractivity contribution >= 4 is 39.9 Å². The predicted octanol–water partition coefficient (Wildman–Crippen LogP) is 2.98. The van der Waals surface area contributed by atoms with Gasteiger partial charge in [-0.15, -0.1) is 0 Å². The fraction of sp³-hybridized carbons (Fsp3) is 0.316. The van der Waals surface area contributed by atoms with E-state index in [2.05, 4.69) is 20.9 Å². The normalized spacial score (nSPS) is 14.3. The summed E-state index contributed by atoms with van der Waals surface area (Å²) in [6.45, 7) is 1.20. The van der Waals surface area contributed by atoms with Gasteiger partial charge >= 0.3 is 0 Å². The van der Waals surface area contributed by atoms with Crippen LogP contribution in [0.15, 0.2) is 30.3 Å². The van der Waals surface area contributed by atoms with Crippen LogP contribution >= 0.6 is 11.6 Å². The van der Waals surface area contributed by atoms with Crippen LogP contribution in [0.5, 0.6) is 0 Å². The molecule has 7 nitrogen and oxygen atoms in total. The molecule has 140 valence electrons. The molecule has 0 unspecified atom stereocenters. The maximum atomic E-state index is 12.5. The minimum atomic E-state index is -0.406. The predicted molar refractivity (Wildman–Crippen MR) is 106 cm³/mol. The molecule has 3 aromatic rings. The van der Waals surface area contributed by atoms with Gasteiger partial charge in [-0.1, -0.05) is 30.2 Å². The van der Waals surface area contributed by atoms with Crippen LogP contribution in [0.2, 0.25) is 5.15 Å². The molecule has 0 saturated heterocycles. The Kier molecular flexibility index (Phi) is 4.61. The highest BCUT2D eigenvalue weighted by Gasteiger charge is 2.21. The summed E-state index contributed by atoms with van der Waals surface area (Å²) in [7, 11) is 0. The minimum Gasteiger partial charge on any atom is -0.397 e. The zero-order valence-electron chi connectivity index (χ0n) is 14.8. The number of benzene rings is 1. The minimum absolute atomic E-state index is 0.0616. The van der Waals surface area contributed by atoms with Crippen LogP contribution in [-0.2, 0) is 13.1 Å². The number of nitrogens with zero attached hydrogens (tertiary/aromatic N) is 3. The first-order valence-electron chi connectivity index (χ1n) is 8.96. The Morgan fingerprint density at radius 2 is 2.00 bits per heavy atom. The average Bonchev–Trinajstić information content (AvgIpc) is 2.96. The van der Waals surface area contributed by atoms with Crippen LogP contribution in [0, 0.1) is 5.92 Å². The number of pyridine rings is 1. The Morgan fingerprint density at radius 3 is 2.74 bits per heavy atom. The van der Waals surface area contributed by atoms with Gasteiger partial charge in [0, 0.05) is 6.54 Å². The third kappa shape index (κ3) is 3.42. The number of carbonyl (C=O) groups excluding carboxylic acids is 1. The lowest BCUT2D eigenvalue weighted by Gasteiger charge is -2.26. The number of para-hydroxylation sites is 2. The lowest BCUT2D eigenvalue weighted by molar-refractivity contribution is 0.0945. The van der Waals surface area contributed by atoms with E-state index in [1.54, 1.807) is 0 Å². The van der Waals surface area contributed by atoms with E-state index in [0.29, 0.717) is 5.92 Å². The van der Waals surface area contributed by atoms with Crippen molar-refractivity contribution in [2.24, 2.45) is 5.92 Å². The Morgan fingerprint density at radius 1 is 1.22 bits per heavy atom. The number of imidazole rings is 1. The van der Waals surface area contributed by atoms with Gasteiger partial charge in [0.25, 0.3) is 5.91 Å². The SMILES string of the molecule is Nc1cc(N)c(C(=O)NCc2nc3ccccc3n2CC2CCC2)nc1Cl. The van der Waals surface area contributed by atoms with Crippen molar-refractivity contribution < 1.29 is 4.79 Å². The van der Waals surface area contributed by atoms with Gasteiger partial charge in [0.1, 0.15) is 5.82 Å². The Hall–Kier alpha value is -2.80. The van der Waals surface area contributed by atoms with E-state index in [1.165, 1.54) is 25.3 Å². The summed E-state index contributed by atoms with van der Waals surface area (Å²) in [6.07, 6.45) is 3.76. The highest BCUT2D eigenvalue weighted by Crippen LogP contribution is 2.30. The largest absolute Gasteiger partial charge is 0.397 e. The van der Waals surface area contributed by atoms with E-state index in [9.17, 15) is 4.79 Å². The Labute approximate surface area is 161 Å². The van der Waals surface area contributed by atoms with Crippen molar-refractivity contribution in [3.63, 3.8) is 0 Å². The summed E-state index contributed by atoms with van der Waals surface area (Å²) >= 11 is 5.92. The number of anilines is 2. The topological polar surface area (TPSA) is 112 Å². The molecule has 0 aliphatic heterocycles. The molecule has 0 spiro atoms. The molecule has 1 fully saturated rings. The zero-order valence-corrected chi connectivity index (χ0v) is 15.5. The van der Waals surface area contributed by atoms with Crippen molar-refractivity contribution in [1.29, 1.82) is 0 Å². The van der Waals surface area contributed by atoms with Crippen molar-refractivity contribution in [2.75, 3.05) is 11.5 Å². The molecule has 8 heteroatoms. The van der Waals surface area contributed by atoms with Gasteiger partial charge in [0.05, 0.1) is 29.0 Å². The molecule has 1 aromatic carbocycles. The third-order valence-electron chi connectivity index (χ3n) is 5.05. The number of aromatic nitrogens is 3. The molecule has 0 bridgehead atoms. The summed E-state index contributed by atoms with van der Waals surface area (Å²) in [5.74, 6) is 1.08.